The van der Waals surface area contributed by atoms with Gasteiger partial charge in [0, 0.05) is 10.8 Å². The Morgan fingerprint density at radius 3 is 2.80 bits per heavy atom. The lowest BCUT2D eigenvalue weighted by Gasteiger charge is -2.15. The van der Waals surface area contributed by atoms with Gasteiger partial charge in [0.05, 0.1) is 12.2 Å². The maximum atomic E-state index is 10.8. The third-order valence-corrected chi connectivity index (χ3v) is 2.42. The first-order chi connectivity index (χ1) is 7.19. The van der Waals surface area contributed by atoms with Crippen molar-refractivity contribution >= 4 is 6.29 Å². The van der Waals surface area contributed by atoms with E-state index in [2.05, 4.69) is 0 Å². The van der Waals surface area contributed by atoms with Crippen LogP contribution in [0.2, 0.25) is 0 Å². The molecule has 0 fully saturated rings. The van der Waals surface area contributed by atoms with Gasteiger partial charge in [-0.2, -0.15) is 0 Å². The van der Waals surface area contributed by atoms with Crippen molar-refractivity contribution < 1.29 is 14.1 Å². The molecule has 1 aromatic rings. The Balaban J connectivity index is 2.86. The Labute approximate surface area is 87.2 Å². The molecule has 0 spiro atoms. The van der Waals surface area contributed by atoms with Crippen LogP contribution in [0.25, 0.3) is 0 Å². The van der Waals surface area contributed by atoms with Gasteiger partial charge in [-0.1, -0.05) is 6.92 Å². The fraction of sp³-hybridized carbons (Fsp3) is 0.500. The van der Waals surface area contributed by atoms with Crippen LogP contribution in [0.5, 0.6) is 0 Å². The molecule has 0 aliphatic rings. The molecule has 0 saturated heterocycles. The summed E-state index contributed by atoms with van der Waals surface area (Å²) in [6.07, 6.45) is 2.79. The molecule has 15 heavy (non-hydrogen) atoms. The molecule has 0 saturated carbocycles. The zero-order chi connectivity index (χ0) is 11.3. The van der Waals surface area contributed by atoms with E-state index in [0.29, 0.717) is 12.2 Å². The summed E-state index contributed by atoms with van der Waals surface area (Å²) < 4.78 is 5.12. The van der Waals surface area contributed by atoms with Crippen LogP contribution in [-0.2, 0) is 4.79 Å². The van der Waals surface area contributed by atoms with E-state index >= 15 is 0 Å². The fourth-order valence-electron chi connectivity index (χ4n) is 1.57. The zero-order valence-corrected chi connectivity index (χ0v) is 8.46. The lowest BCUT2D eigenvalue weighted by molar-refractivity contribution is -0.484. The van der Waals surface area contributed by atoms with Crippen LogP contribution < -0.4 is 0 Å². The van der Waals surface area contributed by atoms with Crippen LogP contribution in [-0.4, -0.2) is 17.8 Å². The lowest BCUT2D eigenvalue weighted by Crippen LogP contribution is -2.21. The van der Waals surface area contributed by atoms with E-state index in [1.807, 2.05) is 6.92 Å². The van der Waals surface area contributed by atoms with E-state index in [9.17, 15) is 14.9 Å². The minimum Gasteiger partial charge on any atom is -0.469 e. The molecular formula is C10H13NO4. The van der Waals surface area contributed by atoms with Gasteiger partial charge >= 0.3 is 0 Å². The van der Waals surface area contributed by atoms with Gasteiger partial charge in [-0.25, -0.2) is 0 Å². The smallest absolute Gasteiger partial charge is 0.214 e. The molecule has 0 amide bonds. The molecule has 1 aromatic heterocycles. The number of aldehydes is 1. The summed E-state index contributed by atoms with van der Waals surface area (Å²) in [5.41, 5.74) is 0. The van der Waals surface area contributed by atoms with Crippen LogP contribution in [0.3, 0.4) is 0 Å². The van der Waals surface area contributed by atoms with E-state index in [-0.39, 0.29) is 12.5 Å². The summed E-state index contributed by atoms with van der Waals surface area (Å²) in [7, 11) is 0. The van der Waals surface area contributed by atoms with Gasteiger partial charge in [0.15, 0.2) is 0 Å². The number of hydrogen-bond acceptors (Lipinski definition) is 4. The number of rotatable bonds is 6. The summed E-state index contributed by atoms with van der Waals surface area (Å²) in [4.78, 5) is 20.9. The predicted octanol–water partition coefficient (Wildman–Crippen LogP) is 1.86. The Morgan fingerprint density at radius 2 is 2.40 bits per heavy atom. The van der Waals surface area contributed by atoms with Crippen LogP contribution in [0.15, 0.2) is 22.8 Å². The fourth-order valence-corrected chi connectivity index (χ4v) is 1.57. The van der Waals surface area contributed by atoms with Gasteiger partial charge in [0.2, 0.25) is 6.54 Å². The quantitative estimate of drug-likeness (QED) is 0.409. The number of nitrogens with zero attached hydrogens (tertiary/aromatic N) is 1. The second-order valence-electron chi connectivity index (χ2n) is 3.35. The molecule has 5 heteroatoms. The van der Waals surface area contributed by atoms with Crippen LogP contribution in [0.1, 0.15) is 25.0 Å². The maximum Gasteiger partial charge on any atom is 0.214 e. The normalized spacial score (nSPS) is 14.5. The molecular weight excluding hydrogens is 198 g/mol. The largest absolute Gasteiger partial charge is 0.469 e. The SMILES string of the molecule is CC[C@@H](C=O)[C@H](C[N+](=O)[O-])c1ccco1. The highest BCUT2D eigenvalue weighted by Gasteiger charge is 2.28. The van der Waals surface area contributed by atoms with Crippen molar-refractivity contribution in [3.63, 3.8) is 0 Å². The van der Waals surface area contributed by atoms with Gasteiger partial charge < -0.3 is 9.21 Å². The predicted molar refractivity (Wildman–Crippen MR) is 53.2 cm³/mol. The average Bonchev–Trinajstić information content (AvgIpc) is 2.70. The molecule has 0 aromatic carbocycles. The van der Waals surface area contributed by atoms with Crippen molar-refractivity contribution in [2.24, 2.45) is 5.92 Å². The second-order valence-corrected chi connectivity index (χ2v) is 3.35. The van der Waals surface area contributed by atoms with Crippen molar-refractivity contribution in [3.05, 3.63) is 34.3 Å². The van der Waals surface area contributed by atoms with Crippen molar-refractivity contribution in [3.8, 4) is 0 Å². The number of furan rings is 1. The van der Waals surface area contributed by atoms with Crippen molar-refractivity contribution in [2.45, 2.75) is 19.3 Å². The van der Waals surface area contributed by atoms with E-state index in [0.717, 1.165) is 6.29 Å². The molecule has 0 unspecified atom stereocenters. The Bertz CT molecular complexity index is 320. The molecule has 0 N–H and O–H groups in total. The van der Waals surface area contributed by atoms with Gasteiger partial charge in [-0.05, 0) is 18.6 Å². The highest BCUT2D eigenvalue weighted by Crippen LogP contribution is 2.26. The van der Waals surface area contributed by atoms with Crippen molar-refractivity contribution in [2.75, 3.05) is 6.54 Å². The minimum atomic E-state index is -0.461. The van der Waals surface area contributed by atoms with E-state index in [1.54, 1.807) is 12.1 Å². The van der Waals surface area contributed by atoms with Crippen LogP contribution in [0, 0.1) is 16.0 Å². The molecule has 82 valence electrons. The van der Waals surface area contributed by atoms with E-state index in [1.165, 1.54) is 6.26 Å². The Morgan fingerprint density at radius 1 is 1.67 bits per heavy atom. The Hall–Kier alpha value is -1.65. The summed E-state index contributed by atoms with van der Waals surface area (Å²) in [6, 6.07) is 3.33. The summed E-state index contributed by atoms with van der Waals surface area (Å²) in [6.45, 7) is 1.56. The van der Waals surface area contributed by atoms with Gasteiger partial charge in [-0.15, -0.1) is 0 Å². The van der Waals surface area contributed by atoms with Gasteiger partial charge in [-0.3, -0.25) is 10.1 Å². The highest BCUT2D eigenvalue weighted by molar-refractivity contribution is 5.55. The van der Waals surface area contributed by atoms with Crippen LogP contribution in [0.4, 0.5) is 0 Å². The van der Waals surface area contributed by atoms with E-state index in [4.69, 9.17) is 4.42 Å². The molecule has 0 radical (unpaired) electrons. The second kappa shape index (κ2) is 5.29. The molecule has 1 rings (SSSR count). The monoisotopic (exact) mass is 211 g/mol. The summed E-state index contributed by atoms with van der Waals surface area (Å²) in [5.74, 6) is -0.315. The average molecular weight is 211 g/mol. The summed E-state index contributed by atoms with van der Waals surface area (Å²) >= 11 is 0. The number of carbonyl (C=O) groups excluding carboxylic acids is 1. The topological polar surface area (TPSA) is 73.3 Å². The highest BCUT2D eigenvalue weighted by atomic mass is 16.6. The molecule has 5 nitrogen and oxygen atoms in total. The number of hydrogen-bond donors (Lipinski definition) is 0. The molecule has 0 aliphatic carbocycles. The number of nitro groups is 1. The zero-order valence-electron chi connectivity index (χ0n) is 8.46. The molecule has 1 heterocycles. The third kappa shape index (κ3) is 2.90. The Kier molecular flexibility index (Phi) is 4.03. The molecule has 2 atom stereocenters. The lowest BCUT2D eigenvalue weighted by atomic mass is 9.89. The van der Waals surface area contributed by atoms with Gasteiger partial charge in [0.1, 0.15) is 12.0 Å². The third-order valence-electron chi connectivity index (χ3n) is 2.42. The van der Waals surface area contributed by atoms with Crippen molar-refractivity contribution in [1.82, 2.24) is 0 Å². The van der Waals surface area contributed by atoms with Gasteiger partial charge in [0.25, 0.3) is 0 Å². The minimum absolute atomic E-state index is 0.273. The van der Waals surface area contributed by atoms with Crippen molar-refractivity contribution in [1.29, 1.82) is 0 Å². The standard InChI is InChI=1S/C10H13NO4/c1-2-8(7-12)9(6-11(13)14)10-4-3-5-15-10/h3-5,7-9H,2,6H2,1H3/t8-,9-/m0/s1. The molecule has 0 aliphatic heterocycles. The first-order valence-corrected chi connectivity index (χ1v) is 4.79. The summed E-state index contributed by atoms with van der Waals surface area (Å²) in [5, 5.41) is 10.5. The first kappa shape index (κ1) is 11.4. The maximum absolute atomic E-state index is 10.8. The first-order valence-electron chi connectivity index (χ1n) is 4.79. The van der Waals surface area contributed by atoms with E-state index < -0.39 is 10.8 Å². The van der Waals surface area contributed by atoms with Crippen LogP contribution >= 0.6 is 0 Å². The molecule has 0 bridgehead atoms. The number of carbonyl (C=O) groups is 1.